The number of pyridine rings is 1. The monoisotopic (exact) mass is 775 g/mol. The molecule has 0 fully saturated rings. The van der Waals surface area contributed by atoms with Gasteiger partial charge in [-0.15, -0.1) is 0 Å². The fraction of sp³-hybridized carbons (Fsp3) is 0.419. The lowest BCUT2D eigenvalue weighted by Crippen LogP contribution is -2.41. The number of hydrogen-bond acceptors (Lipinski definition) is 6. The molecule has 0 unspecified atom stereocenters. The van der Waals surface area contributed by atoms with E-state index in [-0.39, 0.29) is 21.4 Å². The number of halogens is 2. The van der Waals surface area contributed by atoms with Crippen molar-refractivity contribution >= 4 is 27.6 Å². The van der Waals surface area contributed by atoms with Crippen LogP contribution in [0.1, 0.15) is 58.2 Å². The van der Waals surface area contributed by atoms with E-state index in [1.165, 1.54) is 10.6 Å². The third-order valence-electron chi connectivity index (χ3n) is 11.0. The van der Waals surface area contributed by atoms with E-state index in [9.17, 15) is 13.6 Å². The van der Waals surface area contributed by atoms with Gasteiger partial charge in [0, 0.05) is 36.0 Å². The highest BCUT2D eigenvalue weighted by Gasteiger charge is 2.38. The number of fused-ring (bicyclic) bond motifs is 1. The van der Waals surface area contributed by atoms with E-state index in [0.29, 0.717) is 53.4 Å². The molecule has 290 valence electrons. The van der Waals surface area contributed by atoms with Crippen LogP contribution in [0.2, 0.25) is 36.3 Å². The Morgan fingerprint density at radius 3 is 1.98 bits per heavy atom. The maximum Gasteiger partial charge on any atom is 0.261 e. The summed E-state index contributed by atoms with van der Waals surface area (Å²) in [5.74, 6) is -0.0701. The first-order chi connectivity index (χ1) is 25.0. The highest BCUT2D eigenvalue weighted by Crippen LogP contribution is 2.42. The van der Waals surface area contributed by atoms with Crippen LogP contribution in [0, 0.1) is 25.5 Å². The van der Waals surface area contributed by atoms with Gasteiger partial charge in [0.25, 0.3) is 5.56 Å². The summed E-state index contributed by atoms with van der Waals surface area (Å²) < 4.78 is 61.9. The van der Waals surface area contributed by atoms with Crippen LogP contribution in [0.5, 0.6) is 17.2 Å². The van der Waals surface area contributed by atoms with Crippen LogP contribution < -0.4 is 15.0 Å². The summed E-state index contributed by atoms with van der Waals surface area (Å²) in [5.41, 5.74) is 4.77. The lowest BCUT2D eigenvalue weighted by Gasteiger charge is -2.36. The molecule has 0 aliphatic carbocycles. The molecule has 0 amide bonds. The molecule has 0 atom stereocenters. The Balaban J connectivity index is 1.55. The zero-order valence-corrected chi connectivity index (χ0v) is 36.0. The van der Waals surface area contributed by atoms with E-state index in [0.717, 1.165) is 40.1 Å². The zero-order chi connectivity index (χ0) is 40.0. The van der Waals surface area contributed by atoms with Crippen LogP contribution >= 0.6 is 0 Å². The maximum atomic E-state index is 14.9. The van der Waals surface area contributed by atoms with Gasteiger partial charge in [-0.2, -0.15) is 0 Å². The Hall–Kier alpha value is -4.04. The van der Waals surface area contributed by atoms with Crippen LogP contribution in [0.4, 0.5) is 8.78 Å². The largest absolute Gasteiger partial charge is 0.491 e. The molecule has 0 spiro atoms. The topological polar surface area (TPSA) is 72.1 Å². The van der Waals surface area contributed by atoms with Gasteiger partial charge in [0.05, 0.1) is 18.6 Å². The Morgan fingerprint density at radius 2 is 1.37 bits per heavy atom. The molecule has 54 heavy (non-hydrogen) atoms. The van der Waals surface area contributed by atoms with Crippen LogP contribution in [-0.4, -0.2) is 34.4 Å². The highest BCUT2D eigenvalue weighted by molar-refractivity contribution is 6.74. The first-order valence-corrected chi connectivity index (χ1v) is 24.2. The van der Waals surface area contributed by atoms with E-state index in [1.54, 1.807) is 25.4 Å². The van der Waals surface area contributed by atoms with Crippen LogP contribution in [-0.2, 0) is 22.5 Å². The predicted molar refractivity (Wildman–Crippen MR) is 219 cm³/mol. The van der Waals surface area contributed by atoms with Crippen molar-refractivity contribution in [3.05, 3.63) is 99.5 Å². The van der Waals surface area contributed by atoms with Crippen molar-refractivity contribution in [2.75, 3.05) is 13.2 Å². The SMILES string of the molecule is Cc1cc(-c2cc3c(=O)n(C)cc(-c4cc(CO[Si](C)(C)C(C)(C)C)ccc4Oc4ccc(F)cc4F)c3o2)cc(C)c1OCCO[Si](C)(C)C(C)(C)C. The second kappa shape index (κ2) is 15.2. The second-order valence-electron chi connectivity index (χ2n) is 17.3. The molecule has 2 heterocycles. The Bertz CT molecular complexity index is 2200. The lowest BCUT2D eigenvalue weighted by molar-refractivity contribution is 0.202. The number of aryl methyl sites for hydroxylation is 3. The smallest absolute Gasteiger partial charge is 0.261 e. The summed E-state index contributed by atoms with van der Waals surface area (Å²) in [6.45, 7) is 27.3. The summed E-state index contributed by atoms with van der Waals surface area (Å²) in [6.07, 6.45) is 1.69. The van der Waals surface area contributed by atoms with Crippen molar-refractivity contribution in [3.8, 4) is 39.7 Å². The Morgan fingerprint density at radius 1 is 0.759 bits per heavy atom. The standard InChI is InChI=1S/C43H55F2NO6Si2/c1-27-20-30(21-28(2)39(27)48-18-19-49-53(10,11)42(3,4)5)38-24-33-40(52-38)34(25-46(9)41(33)47)32-22-29(26-50-54(12,13)43(6,7)8)14-16-36(32)51-37-17-15-31(44)23-35(37)45/h14-17,20-25H,18-19,26H2,1-13H3. The number of benzene rings is 3. The van der Waals surface area contributed by atoms with Crippen molar-refractivity contribution in [2.24, 2.45) is 7.05 Å². The van der Waals surface area contributed by atoms with E-state index in [2.05, 4.69) is 67.7 Å². The van der Waals surface area contributed by atoms with E-state index < -0.39 is 28.3 Å². The summed E-state index contributed by atoms with van der Waals surface area (Å²) >= 11 is 0. The van der Waals surface area contributed by atoms with Gasteiger partial charge in [0.1, 0.15) is 35.3 Å². The number of nitrogens with zero attached hydrogens (tertiary/aromatic N) is 1. The molecular formula is C43H55F2NO6Si2. The molecule has 0 aliphatic heterocycles. The molecule has 5 rings (SSSR count). The first-order valence-electron chi connectivity index (χ1n) is 18.4. The molecule has 0 aliphatic rings. The number of rotatable bonds is 12. The van der Waals surface area contributed by atoms with E-state index in [1.807, 2.05) is 38.1 Å². The summed E-state index contributed by atoms with van der Waals surface area (Å²) in [5, 5.41) is 0.503. The highest BCUT2D eigenvalue weighted by atomic mass is 28.4. The normalized spacial score (nSPS) is 12.8. The van der Waals surface area contributed by atoms with Gasteiger partial charge in [0.15, 0.2) is 28.2 Å². The number of furan rings is 1. The van der Waals surface area contributed by atoms with Gasteiger partial charge in [-0.1, -0.05) is 47.6 Å². The van der Waals surface area contributed by atoms with Gasteiger partial charge in [0.2, 0.25) is 0 Å². The molecule has 3 aromatic carbocycles. The number of ether oxygens (including phenoxy) is 2. The molecule has 0 saturated heterocycles. The fourth-order valence-electron chi connectivity index (χ4n) is 5.69. The van der Waals surface area contributed by atoms with Gasteiger partial charge in [-0.25, -0.2) is 8.78 Å². The zero-order valence-electron chi connectivity index (χ0n) is 34.0. The van der Waals surface area contributed by atoms with Crippen molar-refractivity contribution in [3.63, 3.8) is 0 Å². The van der Waals surface area contributed by atoms with E-state index >= 15 is 0 Å². The van der Waals surface area contributed by atoms with Crippen molar-refractivity contribution in [2.45, 2.75) is 98.3 Å². The van der Waals surface area contributed by atoms with Gasteiger partial charge >= 0.3 is 0 Å². The summed E-state index contributed by atoms with van der Waals surface area (Å²) in [6, 6.07) is 14.4. The molecule has 0 radical (unpaired) electrons. The average molecular weight is 776 g/mol. The van der Waals surface area contributed by atoms with Crippen LogP contribution in [0.15, 0.2) is 70.0 Å². The molecule has 5 aromatic rings. The summed E-state index contributed by atoms with van der Waals surface area (Å²) in [7, 11) is -2.31. The van der Waals surface area contributed by atoms with Crippen LogP contribution in [0.3, 0.4) is 0 Å². The molecular weight excluding hydrogens is 721 g/mol. The fourth-order valence-corrected chi connectivity index (χ4v) is 7.67. The number of hydrogen-bond donors (Lipinski definition) is 0. The van der Waals surface area contributed by atoms with Crippen molar-refractivity contribution in [1.82, 2.24) is 4.57 Å². The minimum Gasteiger partial charge on any atom is -0.491 e. The predicted octanol–water partition coefficient (Wildman–Crippen LogP) is 12.1. The average Bonchev–Trinajstić information content (AvgIpc) is 3.51. The minimum atomic E-state index is -2.10. The van der Waals surface area contributed by atoms with Gasteiger partial charge in [-0.05, 0) is 109 Å². The molecule has 2 aromatic heterocycles. The third kappa shape index (κ3) is 8.75. The van der Waals surface area contributed by atoms with Crippen LogP contribution in [0.25, 0.3) is 33.4 Å². The molecule has 0 saturated carbocycles. The number of aromatic nitrogens is 1. The molecule has 7 nitrogen and oxygen atoms in total. The third-order valence-corrected chi connectivity index (χ3v) is 20.1. The lowest BCUT2D eigenvalue weighted by atomic mass is 10.0. The maximum absolute atomic E-state index is 14.9. The summed E-state index contributed by atoms with van der Waals surface area (Å²) in [4.78, 5) is 13.6. The Kier molecular flexibility index (Phi) is 11.6. The first kappa shape index (κ1) is 41.1. The molecule has 0 N–H and O–H groups in total. The second-order valence-corrected chi connectivity index (χ2v) is 26.9. The minimum absolute atomic E-state index is 0.00751. The van der Waals surface area contributed by atoms with Gasteiger partial charge in [-0.3, -0.25) is 4.79 Å². The Labute approximate surface area is 320 Å². The molecule has 0 bridgehead atoms. The van der Waals surface area contributed by atoms with E-state index in [4.69, 9.17) is 22.7 Å². The quantitative estimate of drug-likeness (QED) is 0.0928. The van der Waals surface area contributed by atoms with Crippen molar-refractivity contribution < 1.29 is 31.5 Å². The van der Waals surface area contributed by atoms with Crippen molar-refractivity contribution in [1.29, 1.82) is 0 Å². The van der Waals surface area contributed by atoms with Gasteiger partial charge < -0.3 is 27.3 Å². The molecule has 11 heteroatoms.